The maximum atomic E-state index is 9.10. The molecule has 3 rings (SSSR count). The molecule has 0 aromatic carbocycles. The van der Waals surface area contributed by atoms with Crippen LogP contribution in [-0.4, -0.2) is 52.7 Å². The molecular weight excluding hydrogens is 200 g/mol. The zero-order valence-electron chi connectivity index (χ0n) is 8.43. The number of nitrogens with zero attached hydrogens (tertiary/aromatic N) is 1. The molecule has 0 aromatic rings. The second-order valence-corrected chi connectivity index (χ2v) is 3.91. The van der Waals surface area contributed by atoms with Crippen molar-refractivity contribution in [1.29, 1.82) is 0 Å². The van der Waals surface area contributed by atoms with Gasteiger partial charge in [0.1, 0.15) is 0 Å². The van der Waals surface area contributed by atoms with Gasteiger partial charge < -0.3 is 20.8 Å². The highest BCUT2D eigenvalue weighted by Crippen LogP contribution is 2.25. The quantitative estimate of drug-likeness (QED) is 0.458. The van der Waals surface area contributed by atoms with Gasteiger partial charge in [0.05, 0.1) is 0 Å². The van der Waals surface area contributed by atoms with Crippen LogP contribution < -0.4 is 5.73 Å². The molecule has 86 valence electrons. The predicted molar refractivity (Wildman–Crippen MR) is 52.4 cm³/mol. The summed E-state index contributed by atoms with van der Waals surface area (Å²) < 4.78 is 0. The van der Waals surface area contributed by atoms with Crippen LogP contribution in [-0.2, 0) is 9.59 Å². The largest absolute Gasteiger partial charge is 0.473 e. The van der Waals surface area contributed by atoms with Crippen molar-refractivity contribution >= 4 is 11.9 Å². The van der Waals surface area contributed by atoms with Crippen LogP contribution in [0.25, 0.3) is 0 Å². The molecule has 0 aliphatic carbocycles. The molecule has 4 N–H and O–H groups in total. The summed E-state index contributed by atoms with van der Waals surface area (Å²) in [6, 6.07) is 0.493. The van der Waals surface area contributed by atoms with Crippen LogP contribution in [0, 0.1) is 5.92 Å². The van der Waals surface area contributed by atoms with Gasteiger partial charge in [-0.2, -0.15) is 0 Å². The molecule has 6 heteroatoms. The first-order chi connectivity index (χ1) is 7.00. The van der Waals surface area contributed by atoms with Crippen molar-refractivity contribution in [2.75, 3.05) is 19.6 Å². The summed E-state index contributed by atoms with van der Waals surface area (Å²) in [5.41, 5.74) is 5.88. The number of carboxylic acid groups (broad SMARTS) is 2. The van der Waals surface area contributed by atoms with E-state index in [-0.39, 0.29) is 0 Å². The molecule has 1 atom stereocenters. The molecule has 3 aliphatic heterocycles. The SMILES string of the molecule is N[C@@H]1CN2CCC1CC2.O=C(O)C(=O)O. The minimum Gasteiger partial charge on any atom is -0.473 e. The summed E-state index contributed by atoms with van der Waals surface area (Å²) in [5.74, 6) is -2.79. The average Bonchev–Trinajstić information content (AvgIpc) is 2.19. The molecule has 0 radical (unpaired) electrons. The Morgan fingerprint density at radius 3 is 1.73 bits per heavy atom. The second-order valence-electron chi connectivity index (χ2n) is 3.91. The number of piperidine rings is 3. The van der Waals surface area contributed by atoms with E-state index in [0.29, 0.717) is 6.04 Å². The zero-order chi connectivity index (χ0) is 11.4. The number of fused-ring (bicyclic) bond motifs is 3. The van der Waals surface area contributed by atoms with Gasteiger partial charge in [0.2, 0.25) is 0 Å². The standard InChI is InChI=1S/C7H14N2.C2H2O4/c8-7-5-9-3-1-6(7)2-4-9;3-1(4)2(5)6/h6-7H,1-5,8H2;(H,3,4)(H,5,6)/t7-;/m1./s1. The molecule has 3 heterocycles. The van der Waals surface area contributed by atoms with Crippen molar-refractivity contribution in [3.05, 3.63) is 0 Å². The smallest absolute Gasteiger partial charge is 0.414 e. The number of hydrogen-bond acceptors (Lipinski definition) is 4. The summed E-state index contributed by atoms with van der Waals surface area (Å²) in [7, 11) is 0. The number of nitrogens with two attached hydrogens (primary N) is 1. The molecule has 0 amide bonds. The Balaban J connectivity index is 0.000000167. The van der Waals surface area contributed by atoms with E-state index < -0.39 is 11.9 Å². The third kappa shape index (κ3) is 3.49. The Morgan fingerprint density at radius 1 is 1.13 bits per heavy atom. The fraction of sp³-hybridized carbons (Fsp3) is 0.778. The molecule has 0 saturated carbocycles. The van der Waals surface area contributed by atoms with Crippen molar-refractivity contribution < 1.29 is 19.8 Å². The van der Waals surface area contributed by atoms with Crippen molar-refractivity contribution in [2.45, 2.75) is 18.9 Å². The van der Waals surface area contributed by atoms with Crippen LogP contribution in [0.15, 0.2) is 0 Å². The Bertz CT molecular complexity index is 236. The first-order valence-corrected chi connectivity index (χ1v) is 4.95. The molecule has 3 aliphatic rings. The fourth-order valence-electron chi connectivity index (χ4n) is 2.01. The average molecular weight is 216 g/mol. The number of rotatable bonds is 0. The summed E-state index contributed by atoms with van der Waals surface area (Å²) in [5, 5.41) is 14.8. The van der Waals surface area contributed by atoms with Crippen LogP contribution in [0.1, 0.15) is 12.8 Å². The van der Waals surface area contributed by atoms with Gasteiger partial charge in [-0.15, -0.1) is 0 Å². The highest BCUT2D eigenvalue weighted by molar-refractivity contribution is 6.27. The Morgan fingerprint density at radius 2 is 1.60 bits per heavy atom. The number of hydrogen-bond donors (Lipinski definition) is 3. The molecule has 2 bridgehead atoms. The van der Waals surface area contributed by atoms with Crippen LogP contribution in [0.3, 0.4) is 0 Å². The van der Waals surface area contributed by atoms with E-state index in [4.69, 9.17) is 25.5 Å². The highest BCUT2D eigenvalue weighted by Gasteiger charge is 2.31. The molecule has 3 fully saturated rings. The van der Waals surface area contributed by atoms with Gasteiger partial charge in [-0.1, -0.05) is 0 Å². The first-order valence-electron chi connectivity index (χ1n) is 4.95. The van der Waals surface area contributed by atoms with Gasteiger partial charge in [-0.3, -0.25) is 0 Å². The van der Waals surface area contributed by atoms with E-state index in [2.05, 4.69) is 4.90 Å². The molecule has 6 nitrogen and oxygen atoms in total. The van der Waals surface area contributed by atoms with E-state index >= 15 is 0 Å². The van der Waals surface area contributed by atoms with E-state index in [0.717, 1.165) is 12.5 Å². The third-order valence-electron chi connectivity index (χ3n) is 2.89. The first kappa shape index (κ1) is 11.9. The molecular formula is C9H16N2O4. The molecule has 15 heavy (non-hydrogen) atoms. The molecule has 3 saturated heterocycles. The Hall–Kier alpha value is -1.14. The Kier molecular flexibility index (Phi) is 4.05. The van der Waals surface area contributed by atoms with Crippen molar-refractivity contribution in [3.63, 3.8) is 0 Å². The lowest BCUT2D eigenvalue weighted by atomic mass is 9.85. The van der Waals surface area contributed by atoms with Gasteiger partial charge in [0, 0.05) is 12.6 Å². The van der Waals surface area contributed by atoms with Gasteiger partial charge in [-0.05, 0) is 31.8 Å². The van der Waals surface area contributed by atoms with E-state index in [9.17, 15) is 0 Å². The highest BCUT2D eigenvalue weighted by atomic mass is 16.4. The van der Waals surface area contributed by atoms with Crippen LogP contribution in [0.2, 0.25) is 0 Å². The maximum Gasteiger partial charge on any atom is 0.414 e. The monoisotopic (exact) mass is 216 g/mol. The number of aliphatic carboxylic acids is 2. The fourth-order valence-corrected chi connectivity index (χ4v) is 2.01. The summed E-state index contributed by atoms with van der Waals surface area (Å²) in [6.45, 7) is 3.77. The number of carbonyl (C=O) groups is 2. The van der Waals surface area contributed by atoms with Crippen LogP contribution >= 0.6 is 0 Å². The lowest BCUT2D eigenvalue weighted by Gasteiger charge is -2.43. The van der Waals surface area contributed by atoms with Crippen molar-refractivity contribution in [3.8, 4) is 0 Å². The van der Waals surface area contributed by atoms with Gasteiger partial charge >= 0.3 is 11.9 Å². The molecule has 0 spiro atoms. The van der Waals surface area contributed by atoms with Crippen molar-refractivity contribution in [1.82, 2.24) is 4.90 Å². The lowest BCUT2D eigenvalue weighted by molar-refractivity contribution is -0.159. The minimum absolute atomic E-state index is 0.493. The number of carboxylic acids is 2. The Labute approximate surface area is 87.7 Å². The predicted octanol–water partition coefficient (Wildman–Crippen LogP) is -0.805. The maximum absolute atomic E-state index is 9.10. The second kappa shape index (κ2) is 5.09. The van der Waals surface area contributed by atoms with E-state index in [1.807, 2.05) is 0 Å². The molecule has 0 aromatic heterocycles. The summed E-state index contributed by atoms with van der Waals surface area (Å²) in [4.78, 5) is 20.7. The van der Waals surface area contributed by atoms with Gasteiger partial charge in [0.15, 0.2) is 0 Å². The van der Waals surface area contributed by atoms with Gasteiger partial charge in [0.25, 0.3) is 0 Å². The third-order valence-corrected chi connectivity index (χ3v) is 2.89. The normalized spacial score (nSPS) is 32.7. The van der Waals surface area contributed by atoms with Gasteiger partial charge in [-0.25, -0.2) is 9.59 Å². The van der Waals surface area contributed by atoms with Crippen LogP contribution in [0.5, 0.6) is 0 Å². The minimum atomic E-state index is -1.82. The zero-order valence-corrected chi connectivity index (χ0v) is 8.43. The van der Waals surface area contributed by atoms with E-state index in [1.165, 1.54) is 25.9 Å². The van der Waals surface area contributed by atoms with Crippen molar-refractivity contribution in [2.24, 2.45) is 11.7 Å². The summed E-state index contributed by atoms with van der Waals surface area (Å²) in [6.07, 6.45) is 2.70. The topological polar surface area (TPSA) is 104 Å². The lowest BCUT2D eigenvalue weighted by Crippen LogP contribution is -2.54. The van der Waals surface area contributed by atoms with Crippen LogP contribution in [0.4, 0.5) is 0 Å². The molecule has 0 unspecified atom stereocenters. The summed E-state index contributed by atoms with van der Waals surface area (Å²) >= 11 is 0. The van der Waals surface area contributed by atoms with E-state index in [1.54, 1.807) is 0 Å².